The van der Waals surface area contributed by atoms with Gasteiger partial charge in [-0.05, 0) is 19.1 Å². The third kappa shape index (κ3) is 3.04. The Morgan fingerprint density at radius 3 is 2.75 bits per heavy atom. The third-order valence-corrected chi connectivity index (χ3v) is 5.03. The number of hydrogen-bond donors (Lipinski definition) is 1. The number of anilines is 1. The smallest absolute Gasteiger partial charge is 0.273 e. The molecule has 0 aliphatic heterocycles. The number of methoxy groups -OCH3 is 1. The van der Waals surface area contributed by atoms with E-state index in [1.165, 1.54) is 19.2 Å². The lowest BCUT2D eigenvalue weighted by Crippen LogP contribution is -2.14. The van der Waals surface area contributed by atoms with Gasteiger partial charge in [-0.1, -0.05) is 0 Å². The van der Waals surface area contributed by atoms with Crippen molar-refractivity contribution >= 4 is 27.3 Å². The second kappa shape index (κ2) is 5.44. The summed E-state index contributed by atoms with van der Waals surface area (Å²) in [7, 11) is -2.38. The second-order valence-corrected chi connectivity index (χ2v) is 6.70. The number of rotatable bonds is 4. The van der Waals surface area contributed by atoms with E-state index in [0.29, 0.717) is 10.6 Å². The first-order chi connectivity index (χ1) is 9.44. The molecule has 1 N–H and O–H groups in total. The predicted molar refractivity (Wildman–Crippen MR) is 73.2 cm³/mol. The molecule has 104 valence electrons. The Morgan fingerprint density at radius 2 is 2.15 bits per heavy atom. The first kappa shape index (κ1) is 14.2. The molecule has 0 saturated carbocycles. The standard InChI is InChI=1S/C11H10N4O3S2/c1-7-5-9(18-2)14-11(13-7)15-20(16,17)10-4-3-8(6-12)19-10/h3-5H,1-2H3,(H,13,14,15). The number of ether oxygens (including phenoxy) is 1. The van der Waals surface area contributed by atoms with Crippen LogP contribution in [-0.4, -0.2) is 25.5 Å². The van der Waals surface area contributed by atoms with Crippen molar-refractivity contribution in [2.75, 3.05) is 11.8 Å². The molecule has 2 aromatic rings. The maximum Gasteiger partial charge on any atom is 0.273 e. The van der Waals surface area contributed by atoms with Gasteiger partial charge in [0.2, 0.25) is 11.8 Å². The van der Waals surface area contributed by atoms with E-state index in [4.69, 9.17) is 10.00 Å². The summed E-state index contributed by atoms with van der Waals surface area (Å²) in [5, 5.41) is 8.72. The molecule has 0 aliphatic rings. The molecule has 0 radical (unpaired) electrons. The average molecular weight is 310 g/mol. The van der Waals surface area contributed by atoms with Crippen LogP contribution in [0, 0.1) is 18.3 Å². The lowest BCUT2D eigenvalue weighted by Gasteiger charge is -2.07. The van der Waals surface area contributed by atoms with Gasteiger partial charge in [0, 0.05) is 11.8 Å². The van der Waals surface area contributed by atoms with Gasteiger partial charge in [0.1, 0.15) is 15.2 Å². The SMILES string of the molecule is COc1cc(C)nc(NS(=O)(=O)c2ccc(C#N)s2)n1. The molecule has 0 aromatic carbocycles. The number of nitrogens with zero attached hydrogens (tertiary/aromatic N) is 3. The zero-order chi connectivity index (χ0) is 14.8. The Balaban J connectivity index is 2.33. The fourth-order valence-corrected chi connectivity index (χ4v) is 3.43. The van der Waals surface area contributed by atoms with E-state index < -0.39 is 10.0 Å². The predicted octanol–water partition coefficient (Wildman–Crippen LogP) is 1.53. The van der Waals surface area contributed by atoms with Crippen LogP contribution in [0.3, 0.4) is 0 Å². The minimum Gasteiger partial charge on any atom is -0.481 e. The Bertz CT molecular complexity index is 777. The number of hydrogen-bond acceptors (Lipinski definition) is 7. The minimum atomic E-state index is -3.81. The van der Waals surface area contributed by atoms with Crippen molar-refractivity contribution in [1.29, 1.82) is 5.26 Å². The lowest BCUT2D eigenvalue weighted by atomic mass is 10.4. The van der Waals surface area contributed by atoms with Crippen molar-refractivity contribution < 1.29 is 13.2 Å². The van der Waals surface area contributed by atoms with Crippen LogP contribution in [-0.2, 0) is 10.0 Å². The molecule has 20 heavy (non-hydrogen) atoms. The van der Waals surface area contributed by atoms with Crippen LogP contribution in [0.5, 0.6) is 5.88 Å². The third-order valence-electron chi connectivity index (χ3n) is 2.22. The van der Waals surface area contributed by atoms with Gasteiger partial charge < -0.3 is 4.74 Å². The summed E-state index contributed by atoms with van der Waals surface area (Å²) in [6.45, 7) is 1.70. The number of nitrogens with one attached hydrogen (secondary N) is 1. The van der Waals surface area contributed by atoms with E-state index in [1.54, 1.807) is 13.0 Å². The molecule has 7 nitrogen and oxygen atoms in total. The van der Waals surface area contributed by atoms with E-state index in [0.717, 1.165) is 11.3 Å². The van der Waals surface area contributed by atoms with Crippen LogP contribution >= 0.6 is 11.3 Å². The number of sulfonamides is 1. The molecule has 2 aromatic heterocycles. The second-order valence-electron chi connectivity index (χ2n) is 3.71. The highest BCUT2D eigenvalue weighted by atomic mass is 32.2. The topological polar surface area (TPSA) is 105 Å². The van der Waals surface area contributed by atoms with Crippen LogP contribution in [0.1, 0.15) is 10.6 Å². The Hall–Kier alpha value is -2.18. The van der Waals surface area contributed by atoms with Crippen LogP contribution < -0.4 is 9.46 Å². The van der Waals surface area contributed by atoms with E-state index in [9.17, 15) is 8.42 Å². The molecule has 0 fully saturated rings. The molecule has 0 atom stereocenters. The van der Waals surface area contributed by atoms with Gasteiger partial charge in [0.05, 0.1) is 7.11 Å². The molecule has 2 heterocycles. The Labute approximate surface area is 119 Å². The highest BCUT2D eigenvalue weighted by Gasteiger charge is 2.19. The largest absolute Gasteiger partial charge is 0.481 e. The van der Waals surface area contributed by atoms with Crippen LogP contribution in [0.2, 0.25) is 0 Å². The highest BCUT2D eigenvalue weighted by Crippen LogP contribution is 2.23. The van der Waals surface area contributed by atoms with Gasteiger partial charge in [-0.3, -0.25) is 0 Å². The number of aryl methyl sites for hydroxylation is 1. The van der Waals surface area contributed by atoms with Crippen molar-refractivity contribution in [3.05, 3.63) is 28.8 Å². The van der Waals surface area contributed by atoms with Gasteiger partial charge >= 0.3 is 0 Å². The summed E-state index contributed by atoms with van der Waals surface area (Å²) in [6, 6.07) is 6.27. The molecule has 0 unspecified atom stereocenters. The number of thiophene rings is 1. The van der Waals surface area contributed by atoms with Crippen molar-refractivity contribution in [2.24, 2.45) is 0 Å². The average Bonchev–Trinajstić information content (AvgIpc) is 2.87. The van der Waals surface area contributed by atoms with Gasteiger partial charge in [0.15, 0.2) is 0 Å². The van der Waals surface area contributed by atoms with Crippen LogP contribution in [0.4, 0.5) is 5.95 Å². The maximum atomic E-state index is 12.1. The molecule has 0 saturated heterocycles. The summed E-state index contributed by atoms with van der Waals surface area (Å²) >= 11 is 0.875. The van der Waals surface area contributed by atoms with Crippen LogP contribution in [0.25, 0.3) is 0 Å². The zero-order valence-electron chi connectivity index (χ0n) is 10.6. The highest BCUT2D eigenvalue weighted by molar-refractivity contribution is 7.94. The lowest BCUT2D eigenvalue weighted by molar-refractivity contribution is 0.397. The van der Waals surface area contributed by atoms with Gasteiger partial charge in [-0.25, -0.2) is 18.1 Å². The van der Waals surface area contributed by atoms with Crippen molar-refractivity contribution in [1.82, 2.24) is 9.97 Å². The summed E-state index contributed by atoms with van der Waals surface area (Å²) in [5.41, 5.74) is 0.568. The molecule has 0 bridgehead atoms. The van der Waals surface area contributed by atoms with Gasteiger partial charge in [0.25, 0.3) is 10.0 Å². The van der Waals surface area contributed by atoms with Crippen LogP contribution in [0.15, 0.2) is 22.4 Å². The molecular weight excluding hydrogens is 300 g/mol. The molecule has 9 heteroatoms. The maximum absolute atomic E-state index is 12.1. The molecule has 0 amide bonds. The normalized spacial score (nSPS) is 10.8. The quantitative estimate of drug-likeness (QED) is 0.918. The van der Waals surface area contributed by atoms with Gasteiger partial charge in [-0.15, -0.1) is 11.3 Å². The molecule has 0 spiro atoms. The summed E-state index contributed by atoms with van der Waals surface area (Å²) in [5.74, 6) is 0.188. The first-order valence-electron chi connectivity index (χ1n) is 5.37. The molecule has 2 rings (SSSR count). The van der Waals surface area contributed by atoms with Crippen molar-refractivity contribution in [2.45, 2.75) is 11.1 Å². The van der Waals surface area contributed by atoms with E-state index in [-0.39, 0.29) is 16.0 Å². The molecule has 0 aliphatic carbocycles. The van der Waals surface area contributed by atoms with Gasteiger partial charge in [-0.2, -0.15) is 10.2 Å². The van der Waals surface area contributed by atoms with E-state index in [2.05, 4.69) is 14.7 Å². The van der Waals surface area contributed by atoms with Crippen molar-refractivity contribution in [3.8, 4) is 11.9 Å². The summed E-state index contributed by atoms with van der Waals surface area (Å²) in [6.07, 6.45) is 0. The monoisotopic (exact) mass is 310 g/mol. The zero-order valence-corrected chi connectivity index (χ0v) is 12.2. The number of nitriles is 1. The fraction of sp³-hybridized carbons (Fsp3) is 0.182. The fourth-order valence-electron chi connectivity index (χ4n) is 1.39. The minimum absolute atomic E-state index is 0.0260. The van der Waals surface area contributed by atoms with E-state index in [1.807, 2.05) is 6.07 Å². The first-order valence-corrected chi connectivity index (χ1v) is 7.67. The number of aromatic nitrogens is 2. The summed E-state index contributed by atoms with van der Waals surface area (Å²) < 4.78 is 31.5. The van der Waals surface area contributed by atoms with E-state index >= 15 is 0 Å². The Kier molecular flexibility index (Phi) is 3.87. The Morgan fingerprint density at radius 1 is 1.40 bits per heavy atom. The summed E-state index contributed by atoms with van der Waals surface area (Å²) in [4.78, 5) is 8.20. The van der Waals surface area contributed by atoms with Crippen molar-refractivity contribution in [3.63, 3.8) is 0 Å². The molecular formula is C11H10N4O3S2.